The lowest BCUT2D eigenvalue weighted by Crippen LogP contribution is -2.39. The van der Waals surface area contributed by atoms with Crippen molar-refractivity contribution in [3.63, 3.8) is 0 Å². The molecule has 24 heavy (non-hydrogen) atoms. The molecule has 2 N–H and O–H groups in total. The Hall–Kier alpha value is -1.23. The number of benzene rings is 1. The van der Waals surface area contributed by atoms with Crippen LogP contribution < -0.4 is 15.4 Å². The van der Waals surface area contributed by atoms with Crippen LogP contribution >= 0.6 is 24.0 Å². The zero-order chi connectivity index (χ0) is 17.1. The molecule has 0 aromatic heterocycles. The van der Waals surface area contributed by atoms with Crippen molar-refractivity contribution in [2.24, 2.45) is 4.99 Å². The number of nitrogens with one attached hydrogen (secondary N) is 2. The zero-order valence-corrected chi connectivity index (χ0v) is 16.0. The van der Waals surface area contributed by atoms with Crippen LogP contribution in [-0.2, 0) is 10.9 Å². The van der Waals surface area contributed by atoms with Crippen LogP contribution in [0.5, 0.6) is 5.75 Å². The predicted octanol–water partition coefficient (Wildman–Crippen LogP) is 2.90. The Morgan fingerprint density at radius 3 is 2.42 bits per heavy atom. The van der Waals surface area contributed by atoms with E-state index in [1.165, 1.54) is 18.2 Å². The van der Waals surface area contributed by atoms with E-state index in [1.54, 1.807) is 14.2 Å². The Bertz CT molecular complexity index is 499. The number of nitrogens with zero attached hydrogens (tertiary/aromatic N) is 1. The number of para-hydroxylation sites is 1. The molecule has 5 nitrogen and oxygen atoms in total. The lowest BCUT2D eigenvalue weighted by Gasteiger charge is -2.15. The van der Waals surface area contributed by atoms with E-state index >= 15 is 0 Å². The quantitative estimate of drug-likeness (QED) is 0.271. The molecule has 0 aliphatic carbocycles. The van der Waals surface area contributed by atoms with Crippen LogP contribution in [0.1, 0.15) is 12.0 Å². The Kier molecular flexibility index (Phi) is 11.6. The van der Waals surface area contributed by atoms with Crippen LogP contribution in [0, 0.1) is 0 Å². The monoisotopic (exact) mass is 461 g/mol. The summed E-state index contributed by atoms with van der Waals surface area (Å²) >= 11 is 0. The molecule has 0 radical (unpaired) electrons. The SMILES string of the molecule is CN=C(NCCCOC)NCCOc1ccccc1C(F)(F)F.I. The van der Waals surface area contributed by atoms with E-state index < -0.39 is 11.7 Å². The Morgan fingerprint density at radius 1 is 1.12 bits per heavy atom. The first-order chi connectivity index (χ1) is 11.0. The van der Waals surface area contributed by atoms with E-state index in [4.69, 9.17) is 9.47 Å². The molecular weight excluding hydrogens is 438 g/mol. The maximum atomic E-state index is 12.8. The van der Waals surface area contributed by atoms with E-state index in [1.807, 2.05) is 0 Å². The fraction of sp³-hybridized carbons (Fsp3) is 0.533. The second-order valence-corrected chi connectivity index (χ2v) is 4.61. The van der Waals surface area contributed by atoms with E-state index in [0.29, 0.717) is 25.7 Å². The first-order valence-electron chi connectivity index (χ1n) is 7.21. The van der Waals surface area contributed by atoms with Gasteiger partial charge in [-0.25, -0.2) is 0 Å². The van der Waals surface area contributed by atoms with Gasteiger partial charge in [-0.05, 0) is 18.6 Å². The molecule has 0 amide bonds. The van der Waals surface area contributed by atoms with Crippen LogP contribution in [-0.4, -0.2) is 46.4 Å². The van der Waals surface area contributed by atoms with Crippen molar-refractivity contribution in [1.29, 1.82) is 0 Å². The Morgan fingerprint density at radius 2 is 1.79 bits per heavy atom. The second kappa shape index (κ2) is 12.2. The predicted molar refractivity (Wildman–Crippen MR) is 98.2 cm³/mol. The van der Waals surface area contributed by atoms with Gasteiger partial charge in [-0.3, -0.25) is 4.99 Å². The number of ether oxygens (including phenoxy) is 2. The fourth-order valence-electron chi connectivity index (χ4n) is 1.80. The maximum absolute atomic E-state index is 12.8. The molecular formula is C15H23F3IN3O2. The van der Waals surface area contributed by atoms with Crippen LogP contribution in [0.25, 0.3) is 0 Å². The summed E-state index contributed by atoms with van der Waals surface area (Å²) in [6.45, 7) is 1.74. The lowest BCUT2D eigenvalue weighted by molar-refractivity contribution is -0.138. The van der Waals surface area contributed by atoms with Gasteiger partial charge in [0.1, 0.15) is 12.4 Å². The average molecular weight is 461 g/mol. The molecule has 0 aliphatic rings. The first kappa shape index (κ1) is 22.8. The number of methoxy groups -OCH3 is 1. The number of alkyl halides is 3. The third-order valence-corrected chi connectivity index (χ3v) is 2.89. The molecule has 0 atom stereocenters. The van der Waals surface area contributed by atoms with Gasteiger partial charge in [0.25, 0.3) is 0 Å². The number of hydrogen-bond donors (Lipinski definition) is 2. The molecule has 0 fully saturated rings. The molecule has 0 heterocycles. The average Bonchev–Trinajstić information content (AvgIpc) is 2.53. The summed E-state index contributed by atoms with van der Waals surface area (Å²) in [4.78, 5) is 4.01. The highest BCUT2D eigenvalue weighted by atomic mass is 127. The van der Waals surface area contributed by atoms with Gasteiger partial charge in [0, 0.05) is 27.3 Å². The van der Waals surface area contributed by atoms with Gasteiger partial charge in [0.2, 0.25) is 0 Å². The van der Waals surface area contributed by atoms with Crippen LogP contribution in [0.3, 0.4) is 0 Å². The molecule has 0 saturated carbocycles. The van der Waals surface area contributed by atoms with Crippen molar-refractivity contribution < 1.29 is 22.6 Å². The van der Waals surface area contributed by atoms with E-state index in [9.17, 15) is 13.2 Å². The van der Waals surface area contributed by atoms with E-state index in [-0.39, 0.29) is 36.3 Å². The molecule has 0 aliphatic heterocycles. The molecule has 0 saturated heterocycles. The van der Waals surface area contributed by atoms with Crippen molar-refractivity contribution >= 4 is 29.9 Å². The number of aliphatic imine (C=N–C) groups is 1. The van der Waals surface area contributed by atoms with E-state index in [2.05, 4.69) is 15.6 Å². The number of hydrogen-bond acceptors (Lipinski definition) is 3. The van der Waals surface area contributed by atoms with Crippen molar-refractivity contribution in [3.05, 3.63) is 29.8 Å². The minimum atomic E-state index is -4.43. The van der Waals surface area contributed by atoms with Crippen molar-refractivity contribution in [2.45, 2.75) is 12.6 Å². The van der Waals surface area contributed by atoms with Gasteiger partial charge in [-0.2, -0.15) is 13.2 Å². The fourth-order valence-corrected chi connectivity index (χ4v) is 1.80. The standard InChI is InChI=1S/C15H22F3N3O2.HI/c1-19-14(20-8-5-10-22-2)21-9-11-23-13-7-4-3-6-12(13)15(16,17)18;/h3-4,6-7H,5,8-11H2,1-2H3,(H2,19,20,21);1H. The summed E-state index contributed by atoms with van der Waals surface area (Å²) < 4.78 is 48.6. The highest BCUT2D eigenvalue weighted by Gasteiger charge is 2.33. The topological polar surface area (TPSA) is 54.9 Å². The second-order valence-electron chi connectivity index (χ2n) is 4.61. The van der Waals surface area contributed by atoms with Gasteiger partial charge >= 0.3 is 6.18 Å². The summed E-state index contributed by atoms with van der Waals surface area (Å²) in [6.07, 6.45) is -3.60. The lowest BCUT2D eigenvalue weighted by atomic mass is 10.2. The summed E-state index contributed by atoms with van der Waals surface area (Å²) in [6, 6.07) is 5.15. The van der Waals surface area contributed by atoms with Gasteiger partial charge in [0.05, 0.1) is 12.1 Å². The summed E-state index contributed by atoms with van der Waals surface area (Å²) in [5, 5.41) is 6.03. The number of guanidine groups is 1. The van der Waals surface area contributed by atoms with Crippen LogP contribution in [0.4, 0.5) is 13.2 Å². The minimum Gasteiger partial charge on any atom is -0.491 e. The summed E-state index contributed by atoms with van der Waals surface area (Å²) in [5.41, 5.74) is -0.776. The Labute approximate surface area is 157 Å². The van der Waals surface area contributed by atoms with Crippen molar-refractivity contribution in [2.75, 3.05) is 40.5 Å². The molecule has 0 unspecified atom stereocenters. The molecule has 138 valence electrons. The van der Waals surface area contributed by atoms with Crippen molar-refractivity contribution in [1.82, 2.24) is 10.6 Å². The zero-order valence-electron chi connectivity index (χ0n) is 13.7. The largest absolute Gasteiger partial charge is 0.491 e. The minimum absolute atomic E-state index is 0. The number of rotatable bonds is 8. The molecule has 0 spiro atoms. The first-order valence-corrected chi connectivity index (χ1v) is 7.21. The van der Waals surface area contributed by atoms with Gasteiger partial charge < -0.3 is 20.1 Å². The molecule has 1 aromatic carbocycles. The smallest absolute Gasteiger partial charge is 0.419 e. The highest BCUT2D eigenvalue weighted by Crippen LogP contribution is 2.35. The summed E-state index contributed by atoms with van der Waals surface area (Å²) in [5.74, 6) is 0.388. The highest BCUT2D eigenvalue weighted by molar-refractivity contribution is 14.0. The van der Waals surface area contributed by atoms with E-state index in [0.717, 1.165) is 12.5 Å². The van der Waals surface area contributed by atoms with Crippen LogP contribution in [0.15, 0.2) is 29.3 Å². The maximum Gasteiger partial charge on any atom is 0.419 e. The normalized spacial score (nSPS) is 11.6. The number of halogens is 4. The molecule has 9 heteroatoms. The van der Waals surface area contributed by atoms with Gasteiger partial charge in [0.15, 0.2) is 5.96 Å². The van der Waals surface area contributed by atoms with Crippen LogP contribution in [0.2, 0.25) is 0 Å². The molecule has 1 rings (SSSR count). The summed E-state index contributed by atoms with van der Waals surface area (Å²) in [7, 11) is 3.24. The molecule has 1 aromatic rings. The van der Waals surface area contributed by atoms with Crippen molar-refractivity contribution in [3.8, 4) is 5.75 Å². The Balaban J connectivity index is 0.00000529. The molecule has 0 bridgehead atoms. The van der Waals surface area contributed by atoms with Gasteiger partial charge in [-0.15, -0.1) is 24.0 Å². The third-order valence-electron chi connectivity index (χ3n) is 2.89. The third kappa shape index (κ3) is 8.57. The van der Waals surface area contributed by atoms with Gasteiger partial charge in [-0.1, -0.05) is 12.1 Å².